The molecule has 0 aliphatic heterocycles. The molecule has 0 heterocycles. The highest BCUT2D eigenvalue weighted by molar-refractivity contribution is 6.18. The molecular formula is C13H22ClNO. The Bertz CT molecular complexity index is 250. The van der Waals surface area contributed by atoms with E-state index in [-0.39, 0.29) is 0 Å². The van der Waals surface area contributed by atoms with E-state index < -0.39 is 0 Å². The first kappa shape index (κ1) is 12.2. The van der Waals surface area contributed by atoms with Gasteiger partial charge in [0.05, 0.1) is 0 Å². The molecule has 2 bridgehead atoms. The summed E-state index contributed by atoms with van der Waals surface area (Å²) in [5.41, 5.74) is 0. The number of nitrogens with zero attached hydrogens (tertiary/aromatic N) is 1. The lowest BCUT2D eigenvalue weighted by Gasteiger charge is -2.28. The number of halogens is 1. The van der Waals surface area contributed by atoms with Gasteiger partial charge in [0.15, 0.2) is 0 Å². The lowest BCUT2D eigenvalue weighted by Crippen LogP contribution is -2.39. The van der Waals surface area contributed by atoms with Crippen LogP contribution in [0.2, 0.25) is 0 Å². The molecular weight excluding hydrogens is 222 g/mol. The molecule has 3 unspecified atom stereocenters. The summed E-state index contributed by atoms with van der Waals surface area (Å²) in [7, 11) is 0. The van der Waals surface area contributed by atoms with Gasteiger partial charge in [-0.1, -0.05) is 13.3 Å². The number of rotatable bonds is 5. The summed E-state index contributed by atoms with van der Waals surface area (Å²) in [6.07, 6.45) is 6.12. The average Bonchev–Trinajstić information content (AvgIpc) is 2.89. The van der Waals surface area contributed by atoms with Crippen molar-refractivity contribution >= 4 is 17.5 Å². The van der Waals surface area contributed by atoms with Crippen LogP contribution >= 0.6 is 11.6 Å². The van der Waals surface area contributed by atoms with Crippen LogP contribution in [0.3, 0.4) is 0 Å². The Morgan fingerprint density at radius 1 is 1.31 bits per heavy atom. The largest absolute Gasteiger partial charge is 0.341 e. The van der Waals surface area contributed by atoms with Gasteiger partial charge in [-0.05, 0) is 37.5 Å². The van der Waals surface area contributed by atoms with E-state index in [1.54, 1.807) is 0 Å². The second kappa shape index (κ2) is 5.39. The first-order valence-electron chi connectivity index (χ1n) is 6.61. The smallest absolute Gasteiger partial charge is 0.226 e. The summed E-state index contributed by atoms with van der Waals surface area (Å²) in [6.45, 7) is 3.72. The third-order valence-corrected chi connectivity index (χ3v) is 4.38. The van der Waals surface area contributed by atoms with Gasteiger partial charge >= 0.3 is 0 Å². The van der Waals surface area contributed by atoms with Crippen molar-refractivity contribution in [1.82, 2.24) is 4.90 Å². The van der Waals surface area contributed by atoms with Crippen LogP contribution in [-0.4, -0.2) is 29.8 Å². The topological polar surface area (TPSA) is 20.3 Å². The fourth-order valence-corrected chi connectivity index (χ4v) is 3.69. The lowest BCUT2D eigenvalue weighted by molar-refractivity contribution is -0.137. The van der Waals surface area contributed by atoms with E-state index in [2.05, 4.69) is 6.92 Å². The van der Waals surface area contributed by atoms with Gasteiger partial charge in [0.1, 0.15) is 0 Å². The normalized spacial score (nSPS) is 32.0. The second-order valence-electron chi connectivity index (χ2n) is 5.30. The van der Waals surface area contributed by atoms with Gasteiger partial charge in [-0.15, -0.1) is 11.6 Å². The van der Waals surface area contributed by atoms with Crippen LogP contribution in [0.1, 0.15) is 39.0 Å². The minimum Gasteiger partial charge on any atom is -0.341 e. The first-order chi connectivity index (χ1) is 7.76. The monoisotopic (exact) mass is 243 g/mol. The van der Waals surface area contributed by atoms with Crippen molar-refractivity contribution in [3.05, 3.63) is 0 Å². The highest BCUT2D eigenvalue weighted by Gasteiger charge is 2.44. The summed E-state index contributed by atoms with van der Waals surface area (Å²) in [5.74, 6) is 2.81. The molecule has 2 aliphatic carbocycles. The molecule has 1 amide bonds. The number of carbonyl (C=O) groups excluding carboxylic acids is 1. The van der Waals surface area contributed by atoms with Crippen molar-refractivity contribution in [3.63, 3.8) is 0 Å². The number of alkyl halides is 1. The molecule has 3 heteroatoms. The Balaban J connectivity index is 1.94. The Morgan fingerprint density at radius 3 is 2.62 bits per heavy atom. The Kier molecular flexibility index (Phi) is 4.12. The number of amides is 1. The van der Waals surface area contributed by atoms with E-state index in [1.165, 1.54) is 19.3 Å². The molecule has 0 N–H and O–H groups in total. The van der Waals surface area contributed by atoms with Crippen LogP contribution < -0.4 is 0 Å². The van der Waals surface area contributed by atoms with Crippen molar-refractivity contribution in [1.29, 1.82) is 0 Å². The molecule has 2 fully saturated rings. The predicted octanol–water partition coefficient (Wildman–Crippen LogP) is 2.90. The third kappa shape index (κ3) is 2.37. The summed E-state index contributed by atoms with van der Waals surface area (Å²) < 4.78 is 0. The summed E-state index contributed by atoms with van der Waals surface area (Å²) in [4.78, 5) is 14.4. The Hall–Kier alpha value is -0.240. The predicted molar refractivity (Wildman–Crippen MR) is 66.5 cm³/mol. The molecule has 3 atom stereocenters. The summed E-state index contributed by atoms with van der Waals surface area (Å²) >= 11 is 5.77. The van der Waals surface area contributed by atoms with E-state index in [0.29, 0.717) is 23.6 Å². The van der Waals surface area contributed by atoms with Gasteiger partial charge in [0.25, 0.3) is 0 Å². The zero-order valence-electron chi connectivity index (χ0n) is 10.1. The fraction of sp³-hybridized carbons (Fsp3) is 0.923. The molecule has 0 aromatic rings. The zero-order valence-corrected chi connectivity index (χ0v) is 10.9. The fourth-order valence-electron chi connectivity index (χ4n) is 3.49. The molecule has 0 aromatic heterocycles. The highest BCUT2D eigenvalue weighted by atomic mass is 35.5. The minimum atomic E-state index is 0.327. The zero-order chi connectivity index (χ0) is 11.5. The van der Waals surface area contributed by atoms with E-state index in [4.69, 9.17) is 11.6 Å². The Labute approximate surface area is 103 Å². The molecule has 2 saturated carbocycles. The van der Waals surface area contributed by atoms with Gasteiger partial charge in [-0.25, -0.2) is 0 Å². The lowest BCUT2D eigenvalue weighted by atomic mass is 9.87. The van der Waals surface area contributed by atoms with Crippen LogP contribution in [-0.2, 0) is 4.79 Å². The van der Waals surface area contributed by atoms with Gasteiger partial charge in [-0.3, -0.25) is 4.79 Å². The molecule has 2 nitrogen and oxygen atoms in total. The highest BCUT2D eigenvalue weighted by Crippen LogP contribution is 2.48. The van der Waals surface area contributed by atoms with Crippen LogP contribution in [0.25, 0.3) is 0 Å². The molecule has 0 saturated heterocycles. The van der Waals surface area contributed by atoms with Gasteiger partial charge in [0, 0.05) is 24.9 Å². The molecule has 0 aromatic carbocycles. The number of fused-ring (bicyclic) bond motifs is 2. The summed E-state index contributed by atoms with van der Waals surface area (Å²) in [6, 6.07) is 0. The maximum absolute atomic E-state index is 12.4. The van der Waals surface area contributed by atoms with Crippen LogP contribution in [0, 0.1) is 17.8 Å². The quantitative estimate of drug-likeness (QED) is 0.680. The maximum Gasteiger partial charge on any atom is 0.226 e. The minimum absolute atomic E-state index is 0.327. The Morgan fingerprint density at radius 2 is 2.12 bits per heavy atom. The van der Waals surface area contributed by atoms with Crippen LogP contribution in [0.15, 0.2) is 0 Å². The van der Waals surface area contributed by atoms with E-state index in [9.17, 15) is 4.79 Å². The summed E-state index contributed by atoms with van der Waals surface area (Å²) in [5, 5.41) is 0. The van der Waals surface area contributed by atoms with Crippen LogP contribution in [0.5, 0.6) is 0 Å². The second-order valence-corrected chi connectivity index (χ2v) is 5.67. The first-order valence-corrected chi connectivity index (χ1v) is 7.14. The average molecular weight is 244 g/mol. The van der Waals surface area contributed by atoms with E-state index in [0.717, 1.165) is 31.8 Å². The molecule has 0 radical (unpaired) electrons. The number of hydrogen-bond acceptors (Lipinski definition) is 1. The SMILES string of the molecule is CCCN(CCCl)C(=O)C1CC2CCC1C2. The van der Waals surface area contributed by atoms with Crippen molar-refractivity contribution in [2.24, 2.45) is 17.8 Å². The third-order valence-electron chi connectivity index (χ3n) is 4.21. The molecule has 2 rings (SSSR count). The van der Waals surface area contributed by atoms with Gasteiger partial charge in [-0.2, -0.15) is 0 Å². The number of carbonyl (C=O) groups is 1. The van der Waals surface area contributed by atoms with E-state index in [1.807, 2.05) is 4.90 Å². The maximum atomic E-state index is 12.4. The van der Waals surface area contributed by atoms with Crippen molar-refractivity contribution < 1.29 is 4.79 Å². The van der Waals surface area contributed by atoms with Gasteiger partial charge in [0.2, 0.25) is 5.91 Å². The number of hydrogen-bond donors (Lipinski definition) is 0. The van der Waals surface area contributed by atoms with Crippen molar-refractivity contribution in [2.45, 2.75) is 39.0 Å². The van der Waals surface area contributed by atoms with Crippen molar-refractivity contribution in [2.75, 3.05) is 19.0 Å². The molecule has 92 valence electrons. The molecule has 0 spiro atoms. The molecule has 2 aliphatic rings. The molecule has 16 heavy (non-hydrogen) atoms. The standard InChI is InChI=1S/C13H22ClNO/c1-2-6-15(7-5-14)13(16)12-9-10-3-4-11(12)8-10/h10-12H,2-9H2,1H3. The van der Waals surface area contributed by atoms with Crippen LogP contribution in [0.4, 0.5) is 0 Å². The van der Waals surface area contributed by atoms with Crippen molar-refractivity contribution in [3.8, 4) is 0 Å². The van der Waals surface area contributed by atoms with Gasteiger partial charge < -0.3 is 4.90 Å². The van der Waals surface area contributed by atoms with E-state index >= 15 is 0 Å².